The van der Waals surface area contributed by atoms with E-state index in [9.17, 15) is 0 Å². The van der Waals surface area contributed by atoms with Crippen LogP contribution < -0.4 is 5.32 Å². The molecule has 18 heavy (non-hydrogen) atoms. The van der Waals surface area contributed by atoms with Gasteiger partial charge in [0.05, 0.1) is 16.4 Å². The van der Waals surface area contributed by atoms with Gasteiger partial charge in [0.25, 0.3) is 0 Å². The fourth-order valence-electron chi connectivity index (χ4n) is 1.95. The van der Waals surface area contributed by atoms with E-state index in [1.165, 1.54) is 0 Å². The van der Waals surface area contributed by atoms with Crippen molar-refractivity contribution in [2.45, 2.75) is 46.7 Å². The third-order valence-corrected chi connectivity index (χ3v) is 3.54. The monoisotopic (exact) mass is 273 g/mol. The zero-order valence-electron chi connectivity index (χ0n) is 11.5. The summed E-state index contributed by atoms with van der Waals surface area (Å²) in [5.41, 5.74) is 2.03. The minimum atomic E-state index is 0.247. The second kappa shape index (κ2) is 7.77. The lowest BCUT2D eigenvalue weighted by atomic mass is 10.1. The van der Waals surface area contributed by atoms with E-state index in [0.29, 0.717) is 5.92 Å². The maximum Gasteiger partial charge on any atom is 0.0863 e. The Kier molecular flexibility index (Phi) is 6.68. The molecule has 0 aliphatic rings. The molecular weight excluding hydrogens is 250 g/mol. The summed E-state index contributed by atoms with van der Waals surface area (Å²) in [6.07, 6.45) is 1.69. The molecule has 1 heterocycles. The minimum Gasteiger partial charge on any atom is -0.396 e. The van der Waals surface area contributed by atoms with Crippen LogP contribution >= 0.6 is 11.6 Å². The van der Waals surface area contributed by atoms with E-state index in [4.69, 9.17) is 16.7 Å². The standard InChI is InChI=1S/C13H24ClN3O/c1-4-11-13(14)12(17(5-2)16-11)9-15-8-10(3)6-7-18/h10,15,18H,4-9H2,1-3H3. The van der Waals surface area contributed by atoms with Crippen LogP contribution in [0.5, 0.6) is 0 Å². The molecule has 1 unspecified atom stereocenters. The van der Waals surface area contributed by atoms with Crippen LogP contribution in [0.2, 0.25) is 5.02 Å². The Morgan fingerprint density at radius 3 is 2.72 bits per heavy atom. The largest absolute Gasteiger partial charge is 0.396 e. The van der Waals surface area contributed by atoms with Crippen molar-refractivity contribution in [2.24, 2.45) is 5.92 Å². The van der Waals surface area contributed by atoms with Gasteiger partial charge in [-0.1, -0.05) is 25.4 Å². The first-order valence-electron chi connectivity index (χ1n) is 6.69. The van der Waals surface area contributed by atoms with Crippen molar-refractivity contribution >= 4 is 11.6 Å². The van der Waals surface area contributed by atoms with E-state index in [1.54, 1.807) is 0 Å². The quantitative estimate of drug-likeness (QED) is 0.764. The molecule has 2 N–H and O–H groups in total. The summed E-state index contributed by atoms with van der Waals surface area (Å²) >= 11 is 6.32. The normalized spacial score (nSPS) is 12.9. The summed E-state index contributed by atoms with van der Waals surface area (Å²) < 4.78 is 1.96. The molecule has 0 spiro atoms. The van der Waals surface area contributed by atoms with Gasteiger partial charge in [-0.25, -0.2) is 0 Å². The fraction of sp³-hybridized carbons (Fsp3) is 0.769. The number of halogens is 1. The van der Waals surface area contributed by atoms with Gasteiger partial charge in [-0.05, 0) is 32.2 Å². The molecule has 0 saturated heterocycles. The summed E-state index contributed by atoms with van der Waals surface area (Å²) in [5.74, 6) is 0.470. The highest BCUT2D eigenvalue weighted by Gasteiger charge is 2.13. The molecule has 4 nitrogen and oxygen atoms in total. The lowest BCUT2D eigenvalue weighted by molar-refractivity contribution is 0.260. The molecular formula is C13H24ClN3O. The van der Waals surface area contributed by atoms with Gasteiger partial charge in [0.15, 0.2) is 0 Å². The van der Waals surface area contributed by atoms with Gasteiger partial charge in [-0.15, -0.1) is 0 Å². The van der Waals surface area contributed by atoms with Crippen LogP contribution in [0.1, 0.15) is 38.6 Å². The molecule has 0 aliphatic heterocycles. The number of nitrogens with one attached hydrogen (secondary N) is 1. The van der Waals surface area contributed by atoms with Crippen LogP contribution in [0.4, 0.5) is 0 Å². The molecule has 0 saturated carbocycles. The van der Waals surface area contributed by atoms with Crippen molar-refractivity contribution in [3.05, 3.63) is 16.4 Å². The average molecular weight is 274 g/mol. The third kappa shape index (κ3) is 3.97. The number of aliphatic hydroxyl groups excluding tert-OH is 1. The van der Waals surface area contributed by atoms with E-state index in [0.717, 1.165) is 48.9 Å². The molecule has 0 bridgehead atoms. The van der Waals surface area contributed by atoms with Crippen LogP contribution in [0, 0.1) is 5.92 Å². The van der Waals surface area contributed by atoms with Gasteiger partial charge >= 0.3 is 0 Å². The van der Waals surface area contributed by atoms with Gasteiger partial charge in [0.2, 0.25) is 0 Å². The van der Waals surface area contributed by atoms with E-state index < -0.39 is 0 Å². The van der Waals surface area contributed by atoms with E-state index in [1.807, 2.05) is 4.68 Å². The lowest BCUT2D eigenvalue weighted by Gasteiger charge is -2.12. The zero-order valence-corrected chi connectivity index (χ0v) is 12.3. The Hall–Kier alpha value is -0.580. The summed E-state index contributed by atoms with van der Waals surface area (Å²) in [5, 5.41) is 17.5. The van der Waals surface area contributed by atoms with Gasteiger partial charge in [0.1, 0.15) is 0 Å². The predicted octanol–water partition coefficient (Wildman–Crippen LogP) is 2.23. The molecule has 0 radical (unpaired) electrons. The second-order valence-corrected chi connectivity index (χ2v) is 5.00. The Bertz CT molecular complexity index is 365. The Morgan fingerprint density at radius 2 is 2.17 bits per heavy atom. The van der Waals surface area contributed by atoms with Crippen LogP contribution in [-0.2, 0) is 19.5 Å². The Balaban J connectivity index is 2.58. The van der Waals surface area contributed by atoms with Crippen LogP contribution in [0.25, 0.3) is 0 Å². The van der Waals surface area contributed by atoms with Crippen molar-refractivity contribution in [3.63, 3.8) is 0 Å². The summed E-state index contributed by atoms with van der Waals surface area (Å²) in [4.78, 5) is 0. The molecule has 0 amide bonds. The van der Waals surface area contributed by atoms with Crippen molar-refractivity contribution in [2.75, 3.05) is 13.2 Å². The fourth-order valence-corrected chi connectivity index (χ4v) is 2.28. The first-order chi connectivity index (χ1) is 8.63. The number of rotatable bonds is 8. The SMILES string of the molecule is CCc1nn(CC)c(CNCC(C)CCO)c1Cl. The highest BCUT2D eigenvalue weighted by molar-refractivity contribution is 6.31. The van der Waals surface area contributed by atoms with Gasteiger partial charge in [0, 0.05) is 19.7 Å². The van der Waals surface area contributed by atoms with Crippen LogP contribution in [-0.4, -0.2) is 28.0 Å². The molecule has 0 aromatic carbocycles. The highest BCUT2D eigenvalue weighted by Crippen LogP contribution is 2.21. The van der Waals surface area contributed by atoms with Crippen LogP contribution in [0.15, 0.2) is 0 Å². The first kappa shape index (κ1) is 15.5. The predicted molar refractivity (Wildman–Crippen MR) is 74.9 cm³/mol. The number of aryl methyl sites for hydroxylation is 2. The van der Waals surface area contributed by atoms with Crippen molar-refractivity contribution in [1.29, 1.82) is 0 Å². The van der Waals surface area contributed by atoms with Crippen molar-refractivity contribution in [3.8, 4) is 0 Å². The molecule has 0 aliphatic carbocycles. The maximum atomic E-state index is 8.85. The number of aliphatic hydroxyl groups is 1. The molecule has 0 fully saturated rings. The average Bonchev–Trinajstić information content (AvgIpc) is 2.66. The number of aromatic nitrogens is 2. The molecule has 104 valence electrons. The molecule has 1 rings (SSSR count). The Morgan fingerprint density at radius 1 is 1.44 bits per heavy atom. The maximum absolute atomic E-state index is 8.85. The van der Waals surface area contributed by atoms with E-state index >= 15 is 0 Å². The zero-order chi connectivity index (χ0) is 13.5. The van der Waals surface area contributed by atoms with Crippen LogP contribution in [0.3, 0.4) is 0 Å². The summed E-state index contributed by atoms with van der Waals surface area (Å²) in [6.45, 7) is 8.96. The minimum absolute atomic E-state index is 0.247. The van der Waals surface area contributed by atoms with Gasteiger partial charge in [-0.2, -0.15) is 5.10 Å². The molecule has 5 heteroatoms. The number of hydrogen-bond donors (Lipinski definition) is 2. The molecule has 1 aromatic rings. The topological polar surface area (TPSA) is 50.1 Å². The molecule has 1 atom stereocenters. The number of nitrogens with zero attached hydrogens (tertiary/aromatic N) is 2. The second-order valence-electron chi connectivity index (χ2n) is 4.63. The summed E-state index contributed by atoms with van der Waals surface area (Å²) in [7, 11) is 0. The van der Waals surface area contributed by atoms with E-state index in [-0.39, 0.29) is 6.61 Å². The molecule has 1 aromatic heterocycles. The third-order valence-electron chi connectivity index (χ3n) is 3.10. The summed E-state index contributed by atoms with van der Waals surface area (Å²) in [6, 6.07) is 0. The smallest absolute Gasteiger partial charge is 0.0863 e. The van der Waals surface area contributed by atoms with Gasteiger partial charge in [-0.3, -0.25) is 4.68 Å². The van der Waals surface area contributed by atoms with Crippen molar-refractivity contribution < 1.29 is 5.11 Å². The van der Waals surface area contributed by atoms with Crippen molar-refractivity contribution in [1.82, 2.24) is 15.1 Å². The van der Waals surface area contributed by atoms with Gasteiger partial charge < -0.3 is 10.4 Å². The number of hydrogen-bond acceptors (Lipinski definition) is 3. The van der Waals surface area contributed by atoms with E-state index in [2.05, 4.69) is 31.2 Å². The lowest BCUT2D eigenvalue weighted by Crippen LogP contribution is -2.23. The first-order valence-corrected chi connectivity index (χ1v) is 7.07. The Labute approximate surface area is 114 Å². The highest BCUT2D eigenvalue weighted by atomic mass is 35.5.